The molecule has 1 amide bonds. The number of rotatable bonds is 6. The van der Waals surface area contributed by atoms with Crippen molar-refractivity contribution >= 4 is 17.7 Å². The average Bonchev–Trinajstić information content (AvgIpc) is 3.43. The molecule has 0 aliphatic carbocycles. The number of methoxy groups -OCH3 is 1. The standard InChI is InChI=1S/C25H22F6N4O3/c1-14(15-7-9-16(10-8-15)23(37)38-2)32-21(36)19-20(25(29,30)31)33-35-12-11-34(22(19)35)13-17-5-3-4-6-18(17)24(26,27)28/h3-10,14H,11-13H2,1-2H3,(H,32,36)/t14-/m0/s1. The van der Waals surface area contributed by atoms with E-state index in [1.807, 2.05) is 0 Å². The van der Waals surface area contributed by atoms with Crippen LogP contribution in [-0.2, 0) is 30.2 Å². The highest BCUT2D eigenvalue weighted by Crippen LogP contribution is 2.40. The Hall–Kier alpha value is -4.03. The summed E-state index contributed by atoms with van der Waals surface area (Å²) in [7, 11) is 1.21. The molecule has 3 aromatic rings. The van der Waals surface area contributed by atoms with Crippen LogP contribution in [0.1, 0.15) is 56.1 Å². The first-order chi connectivity index (χ1) is 17.8. The Bertz CT molecular complexity index is 1350. The van der Waals surface area contributed by atoms with Crippen molar-refractivity contribution in [1.29, 1.82) is 0 Å². The summed E-state index contributed by atoms with van der Waals surface area (Å²) in [6.45, 7) is 1.20. The van der Waals surface area contributed by atoms with Crippen LogP contribution in [-0.4, -0.2) is 35.3 Å². The lowest BCUT2D eigenvalue weighted by Crippen LogP contribution is -2.31. The fraction of sp³-hybridized carbons (Fsp3) is 0.320. The van der Waals surface area contributed by atoms with Gasteiger partial charge in [-0.1, -0.05) is 30.3 Å². The number of nitrogens with one attached hydrogen (secondary N) is 1. The van der Waals surface area contributed by atoms with Crippen LogP contribution in [0.15, 0.2) is 48.5 Å². The predicted molar refractivity (Wildman–Crippen MR) is 123 cm³/mol. The van der Waals surface area contributed by atoms with Gasteiger partial charge in [-0.25, -0.2) is 9.48 Å². The summed E-state index contributed by atoms with van der Waals surface area (Å²) < 4.78 is 87.8. The lowest BCUT2D eigenvalue weighted by atomic mass is 10.0. The van der Waals surface area contributed by atoms with Gasteiger partial charge in [-0.3, -0.25) is 4.79 Å². The van der Waals surface area contributed by atoms with E-state index in [0.29, 0.717) is 5.56 Å². The minimum atomic E-state index is -4.98. The number of halogens is 6. The van der Waals surface area contributed by atoms with Crippen LogP contribution in [0.4, 0.5) is 32.2 Å². The molecule has 1 aliphatic heterocycles. The maximum absolute atomic E-state index is 13.9. The highest BCUT2D eigenvalue weighted by atomic mass is 19.4. The van der Waals surface area contributed by atoms with E-state index in [9.17, 15) is 35.9 Å². The van der Waals surface area contributed by atoms with Crippen molar-refractivity contribution in [2.75, 3.05) is 18.6 Å². The molecule has 0 spiro atoms. The third-order valence-corrected chi connectivity index (χ3v) is 6.17. The molecule has 0 fully saturated rings. The minimum absolute atomic E-state index is 0.0373. The number of alkyl halides is 6. The molecule has 0 unspecified atom stereocenters. The predicted octanol–water partition coefficient (Wildman–Crippen LogP) is 5.22. The van der Waals surface area contributed by atoms with Crippen LogP contribution >= 0.6 is 0 Å². The van der Waals surface area contributed by atoms with Gasteiger partial charge in [0.15, 0.2) is 5.69 Å². The van der Waals surface area contributed by atoms with Gasteiger partial charge < -0.3 is 15.0 Å². The molecule has 1 aliphatic rings. The molecule has 202 valence electrons. The maximum atomic E-state index is 13.9. The van der Waals surface area contributed by atoms with Gasteiger partial charge in [-0.05, 0) is 36.2 Å². The SMILES string of the molecule is COC(=O)c1ccc([C@H](C)NC(=O)c2c(C(F)(F)F)nn3c2N(Cc2ccccc2C(F)(F)F)CC3)cc1. The lowest BCUT2D eigenvalue weighted by Gasteiger charge is -2.22. The fourth-order valence-corrected chi connectivity index (χ4v) is 4.33. The molecule has 0 saturated heterocycles. The molecular formula is C25H22F6N4O3. The molecule has 13 heteroatoms. The number of benzene rings is 2. The van der Waals surface area contributed by atoms with Gasteiger partial charge in [0.1, 0.15) is 11.4 Å². The Morgan fingerprint density at radius 3 is 2.26 bits per heavy atom. The van der Waals surface area contributed by atoms with Crippen LogP contribution in [0.3, 0.4) is 0 Å². The Balaban J connectivity index is 1.66. The number of carbonyl (C=O) groups excluding carboxylic acids is 2. The quantitative estimate of drug-likeness (QED) is 0.343. The van der Waals surface area contributed by atoms with Crippen LogP contribution in [0.25, 0.3) is 0 Å². The number of esters is 1. The Morgan fingerprint density at radius 1 is 1.00 bits per heavy atom. The third-order valence-electron chi connectivity index (χ3n) is 6.17. The summed E-state index contributed by atoms with van der Waals surface area (Å²) in [4.78, 5) is 26.1. The van der Waals surface area contributed by atoms with E-state index in [0.717, 1.165) is 10.7 Å². The van der Waals surface area contributed by atoms with E-state index < -0.39 is 47.1 Å². The lowest BCUT2D eigenvalue weighted by molar-refractivity contribution is -0.142. The molecule has 0 bridgehead atoms. The summed E-state index contributed by atoms with van der Waals surface area (Å²) in [6.07, 6.45) is -9.64. The van der Waals surface area contributed by atoms with E-state index in [4.69, 9.17) is 0 Å². The number of ether oxygens (including phenoxy) is 1. The second kappa shape index (κ2) is 10.0. The second-order valence-corrected chi connectivity index (χ2v) is 8.65. The Kier molecular flexibility index (Phi) is 7.13. The van der Waals surface area contributed by atoms with Gasteiger partial charge in [0.25, 0.3) is 5.91 Å². The summed E-state index contributed by atoms with van der Waals surface area (Å²) in [6, 6.07) is 9.92. The second-order valence-electron chi connectivity index (χ2n) is 8.65. The minimum Gasteiger partial charge on any atom is -0.465 e. The molecule has 0 radical (unpaired) electrons. The summed E-state index contributed by atoms with van der Waals surface area (Å²) in [5.41, 5.74) is -2.50. The molecule has 7 nitrogen and oxygen atoms in total. The van der Waals surface area contributed by atoms with Gasteiger partial charge in [0.05, 0.1) is 30.8 Å². The zero-order valence-electron chi connectivity index (χ0n) is 20.2. The molecule has 1 N–H and O–H groups in total. The number of carbonyl (C=O) groups is 2. The highest BCUT2D eigenvalue weighted by molar-refractivity contribution is 6.01. The van der Waals surface area contributed by atoms with Crippen molar-refractivity contribution in [2.24, 2.45) is 0 Å². The van der Waals surface area contributed by atoms with Crippen molar-refractivity contribution in [3.8, 4) is 0 Å². The van der Waals surface area contributed by atoms with Gasteiger partial charge >= 0.3 is 18.3 Å². The average molecular weight is 540 g/mol. The molecule has 1 atom stereocenters. The van der Waals surface area contributed by atoms with Crippen molar-refractivity contribution in [1.82, 2.24) is 15.1 Å². The topological polar surface area (TPSA) is 76.5 Å². The maximum Gasteiger partial charge on any atom is 0.436 e. The van der Waals surface area contributed by atoms with Crippen molar-refractivity contribution < 1.29 is 40.7 Å². The fourth-order valence-electron chi connectivity index (χ4n) is 4.33. The van der Waals surface area contributed by atoms with Gasteiger partial charge in [0.2, 0.25) is 0 Å². The van der Waals surface area contributed by atoms with E-state index in [-0.39, 0.29) is 36.6 Å². The number of hydrogen-bond donors (Lipinski definition) is 1. The van der Waals surface area contributed by atoms with E-state index >= 15 is 0 Å². The molecule has 2 heterocycles. The zero-order valence-corrected chi connectivity index (χ0v) is 20.2. The Morgan fingerprint density at radius 2 is 1.66 bits per heavy atom. The third kappa shape index (κ3) is 5.31. The smallest absolute Gasteiger partial charge is 0.436 e. The van der Waals surface area contributed by atoms with Gasteiger partial charge in [-0.2, -0.15) is 31.4 Å². The highest BCUT2D eigenvalue weighted by Gasteiger charge is 2.44. The molecule has 2 aromatic carbocycles. The van der Waals surface area contributed by atoms with Crippen LogP contribution in [0, 0.1) is 0 Å². The molecule has 0 saturated carbocycles. The first-order valence-corrected chi connectivity index (χ1v) is 11.4. The number of anilines is 1. The first kappa shape index (κ1) is 27.0. The zero-order chi connectivity index (χ0) is 27.8. The summed E-state index contributed by atoms with van der Waals surface area (Å²) >= 11 is 0. The normalized spacial score (nSPS) is 14.3. The monoisotopic (exact) mass is 540 g/mol. The number of nitrogens with zero attached hydrogens (tertiary/aromatic N) is 3. The first-order valence-electron chi connectivity index (χ1n) is 11.4. The van der Waals surface area contributed by atoms with E-state index in [1.54, 1.807) is 6.92 Å². The largest absolute Gasteiger partial charge is 0.465 e. The van der Waals surface area contributed by atoms with E-state index in [1.165, 1.54) is 54.5 Å². The molecular weight excluding hydrogens is 518 g/mol. The number of amides is 1. The number of fused-ring (bicyclic) bond motifs is 1. The Labute approximate surface area is 213 Å². The van der Waals surface area contributed by atoms with E-state index in [2.05, 4.69) is 15.2 Å². The van der Waals surface area contributed by atoms with Gasteiger partial charge in [0, 0.05) is 13.1 Å². The summed E-state index contributed by atoms with van der Waals surface area (Å²) in [5, 5.41) is 6.09. The van der Waals surface area contributed by atoms with Crippen LogP contribution in [0.5, 0.6) is 0 Å². The number of aromatic nitrogens is 2. The van der Waals surface area contributed by atoms with Crippen LogP contribution in [0.2, 0.25) is 0 Å². The molecule has 38 heavy (non-hydrogen) atoms. The number of hydrogen-bond acceptors (Lipinski definition) is 5. The van der Waals surface area contributed by atoms with Crippen molar-refractivity contribution in [3.05, 3.63) is 82.0 Å². The molecule has 4 rings (SSSR count). The molecule has 1 aromatic heterocycles. The summed E-state index contributed by atoms with van der Waals surface area (Å²) in [5.74, 6) is -1.87. The van der Waals surface area contributed by atoms with Crippen molar-refractivity contribution in [2.45, 2.75) is 38.4 Å². The van der Waals surface area contributed by atoms with Crippen molar-refractivity contribution in [3.63, 3.8) is 0 Å². The van der Waals surface area contributed by atoms with Crippen LogP contribution < -0.4 is 10.2 Å². The van der Waals surface area contributed by atoms with Gasteiger partial charge in [-0.15, -0.1) is 0 Å².